The molecule has 0 aliphatic heterocycles. The van der Waals surface area contributed by atoms with Gasteiger partial charge in [0, 0.05) is 11.5 Å². The van der Waals surface area contributed by atoms with Gasteiger partial charge in [0.15, 0.2) is 0 Å². The number of azide groups is 1. The summed E-state index contributed by atoms with van der Waals surface area (Å²) >= 11 is 0. The largest absolute Gasteiger partial charge is 0.461 e. The lowest BCUT2D eigenvalue weighted by atomic mass is 10.2. The highest BCUT2D eigenvalue weighted by atomic mass is 16.5. The van der Waals surface area contributed by atoms with Crippen molar-refractivity contribution in [2.75, 3.05) is 6.54 Å². The third-order valence-electron chi connectivity index (χ3n) is 1.72. The minimum atomic E-state index is -0.355. The predicted molar refractivity (Wildman–Crippen MR) is 54.9 cm³/mol. The molecular weight excluding hydrogens is 194 g/mol. The van der Waals surface area contributed by atoms with Crippen LogP contribution in [0.4, 0.5) is 0 Å². The first kappa shape index (κ1) is 11.1. The van der Waals surface area contributed by atoms with Crippen molar-refractivity contribution in [1.82, 2.24) is 0 Å². The molecular formula is C10H11N3O2. The van der Waals surface area contributed by atoms with Crippen LogP contribution in [0.2, 0.25) is 0 Å². The number of hydrogen-bond donors (Lipinski definition) is 0. The van der Waals surface area contributed by atoms with E-state index in [9.17, 15) is 4.79 Å². The fourth-order valence-electron chi connectivity index (χ4n) is 0.996. The van der Waals surface area contributed by atoms with Gasteiger partial charge in [-0.2, -0.15) is 0 Å². The first-order chi connectivity index (χ1) is 7.33. The van der Waals surface area contributed by atoms with Crippen molar-refractivity contribution >= 4 is 5.97 Å². The molecule has 0 unspecified atom stereocenters. The Morgan fingerprint density at radius 3 is 2.80 bits per heavy atom. The van der Waals surface area contributed by atoms with Gasteiger partial charge in [-0.25, -0.2) is 0 Å². The maximum atomic E-state index is 11.1. The Morgan fingerprint density at radius 1 is 1.40 bits per heavy atom. The molecule has 0 saturated heterocycles. The van der Waals surface area contributed by atoms with E-state index in [4.69, 9.17) is 10.3 Å². The Labute approximate surface area is 87.3 Å². The second-order valence-electron chi connectivity index (χ2n) is 2.85. The summed E-state index contributed by atoms with van der Waals surface area (Å²) in [6, 6.07) is 9.40. The van der Waals surface area contributed by atoms with E-state index in [1.807, 2.05) is 30.3 Å². The molecule has 0 amide bonds. The predicted octanol–water partition coefficient (Wildman–Crippen LogP) is 2.43. The molecule has 1 rings (SSSR count). The normalized spacial score (nSPS) is 9.07. The molecule has 0 saturated carbocycles. The van der Waals surface area contributed by atoms with Crippen LogP contribution in [0.5, 0.6) is 0 Å². The van der Waals surface area contributed by atoms with E-state index in [0.29, 0.717) is 0 Å². The molecule has 0 spiro atoms. The minimum Gasteiger partial charge on any atom is -0.461 e. The molecule has 0 aromatic heterocycles. The Kier molecular flexibility index (Phi) is 4.77. The molecule has 78 valence electrons. The van der Waals surface area contributed by atoms with E-state index in [0.717, 1.165) is 5.56 Å². The maximum Gasteiger partial charge on any atom is 0.306 e. The second kappa shape index (κ2) is 6.45. The number of ether oxygens (including phenoxy) is 1. The number of rotatable bonds is 5. The summed E-state index contributed by atoms with van der Waals surface area (Å²) < 4.78 is 4.95. The third kappa shape index (κ3) is 4.69. The van der Waals surface area contributed by atoms with Crippen molar-refractivity contribution in [3.05, 3.63) is 46.3 Å². The standard InChI is InChI=1S/C10H11N3O2/c11-13-12-7-6-10(14)15-8-9-4-2-1-3-5-9/h1-5H,6-8H2. The first-order valence-electron chi connectivity index (χ1n) is 4.53. The van der Waals surface area contributed by atoms with Crippen LogP contribution in [0.15, 0.2) is 35.4 Å². The summed E-state index contributed by atoms with van der Waals surface area (Å²) in [6.45, 7) is 0.403. The van der Waals surface area contributed by atoms with Gasteiger partial charge >= 0.3 is 5.97 Å². The fraction of sp³-hybridized carbons (Fsp3) is 0.300. The molecule has 0 bridgehead atoms. The lowest BCUT2D eigenvalue weighted by Gasteiger charge is -2.02. The van der Waals surface area contributed by atoms with Crippen molar-refractivity contribution in [3.8, 4) is 0 Å². The Hall–Kier alpha value is -2.00. The average molecular weight is 205 g/mol. The highest BCUT2D eigenvalue weighted by Gasteiger charge is 2.01. The highest BCUT2D eigenvalue weighted by molar-refractivity contribution is 5.69. The Bertz CT molecular complexity index is 358. The van der Waals surface area contributed by atoms with E-state index in [2.05, 4.69) is 10.0 Å². The zero-order chi connectivity index (χ0) is 10.9. The van der Waals surface area contributed by atoms with Gasteiger partial charge in [-0.1, -0.05) is 35.4 Å². The van der Waals surface area contributed by atoms with Crippen molar-refractivity contribution in [2.45, 2.75) is 13.0 Å². The van der Waals surface area contributed by atoms with Crippen LogP contribution in [0, 0.1) is 0 Å². The first-order valence-corrected chi connectivity index (χ1v) is 4.53. The highest BCUT2D eigenvalue weighted by Crippen LogP contribution is 2.01. The van der Waals surface area contributed by atoms with Gasteiger partial charge in [0.25, 0.3) is 0 Å². The van der Waals surface area contributed by atoms with Crippen molar-refractivity contribution in [3.63, 3.8) is 0 Å². The molecule has 0 heterocycles. The summed E-state index contributed by atoms with van der Waals surface area (Å²) in [5, 5.41) is 3.25. The zero-order valence-corrected chi connectivity index (χ0v) is 8.17. The van der Waals surface area contributed by atoms with E-state index >= 15 is 0 Å². The van der Waals surface area contributed by atoms with Gasteiger partial charge in [0.05, 0.1) is 6.42 Å². The molecule has 0 aliphatic rings. The second-order valence-corrected chi connectivity index (χ2v) is 2.85. The van der Waals surface area contributed by atoms with E-state index in [-0.39, 0.29) is 25.5 Å². The monoisotopic (exact) mass is 205 g/mol. The molecule has 0 aliphatic carbocycles. The minimum absolute atomic E-state index is 0.122. The van der Waals surface area contributed by atoms with E-state index in [1.165, 1.54) is 0 Å². The molecule has 0 radical (unpaired) electrons. The molecule has 0 atom stereocenters. The number of carbonyl (C=O) groups is 1. The molecule has 15 heavy (non-hydrogen) atoms. The van der Waals surface area contributed by atoms with Crippen LogP contribution >= 0.6 is 0 Å². The quantitative estimate of drug-likeness (QED) is 0.320. The van der Waals surface area contributed by atoms with Gasteiger partial charge in [0.1, 0.15) is 6.61 Å². The van der Waals surface area contributed by atoms with Gasteiger partial charge < -0.3 is 4.74 Å². The lowest BCUT2D eigenvalue weighted by molar-refractivity contribution is -0.144. The summed E-state index contributed by atoms with van der Waals surface area (Å²) in [4.78, 5) is 13.6. The van der Waals surface area contributed by atoms with Gasteiger partial charge in [-0.15, -0.1) is 0 Å². The third-order valence-corrected chi connectivity index (χ3v) is 1.72. The van der Waals surface area contributed by atoms with Crippen LogP contribution < -0.4 is 0 Å². The van der Waals surface area contributed by atoms with Crippen LogP contribution in [0.25, 0.3) is 10.4 Å². The smallest absolute Gasteiger partial charge is 0.306 e. The van der Waals surface area contributed by atoms with E-state index in [1.54, 1.807) is 0 Å². The molecule has 0 N–H and O–H groups in total. The molecule has 1 aromatic carbocycles. The summed E-state index contributed by atoms with van der Waals surface area (Å²) in [6.07, 6.45) is 0.122. The van der Waals surface area contributed by atoms with Crippen molar-refractivity contribution in [1.29, 1.82) is 0 Å². The van der Waals surface area contributed by atoms with Crippen LogP contribution in [0.1, 0.15) is 12.0 Å². The number of carbonyl (C=O) groups excluding carboxylic acids is 1. The van der Waals surface area contributed by atoms with E-state index < -0.39 is 0 Å². The topological polar surface area (TPSA) is 75.1 Å². The molecule has 5 nitrogen and oxygen atoms in total. The Morgan fingerprint density at radius 2 is 2.13 bits per heavy atom. The fourth-order valence-corrected chi connectivity index (χ4v) is 0.996. The molecule has 5 heteroatoms. The average Bonchev–Trinajstić information content (AvgIpc) is 2.28. The molecule has 1 aromatic rings. The number of benzene rings is 1. The number of hydrogen-bond acceptors (Lipinski definition) is 3. The molecule has 0 fully saturated rings. The maximum absolute atomic E-state index is 11.1. The van der Waals surface area contributed by atoms with Crippen molar-refractivity contribution < 1.29 is 9.53 Å². The SMILES string of the molecule is [N-]=[N+]=NCCC(=O)OCc1ccccc1. The van der Waals surface area contributed by atoms with Gasteiger partial charge in [-0.05, 0) is 11.1 Å². The van der Waals surface area contributed by atoms with Crippen LogP contribution in [-0.4, -0.2) is 12.5 Å². The van der Waals surface area contributed by atoms with Crippen LogP contribution in [0.3, 0.4) is 0 Å². The van der Waals surface area contributed by atoms with Crippen molar-refractivity contribution in [2.24, 2.45) is 5.11 Å². The zero-order valence-electron chi connectivity index (χ0n) is 8.17. The van der Waals surface area contributed by atoms with Gasteiger partial charge in [0.2, 0.25) is 0 Å². The number of nitrogens with zero attached hydrogens (tertiary/aromatic N) is 3. The van der Waals surface area contributed by atoms with Crippen LogP contribution in [-0.2, 0) is 16.1 Å². The summed E-state index contributed by atoms with van der Waals surface area (Å²) in [7, 11) is 0. The Balaban J connectivity index is 2.25. The summed E-state index contributed by atoms with van der Waals surface area (Å²) in [5.74, 6) is -0.355. The lowest BCUT2D eigenvalue weighted by Crippen LogP contribution is -2.05. The number of esters is 1. The van der Waals surface area contributed by atoms with Gasteiger partial charge in [-0.3, -0.25) is 4.79 Å². The summed E-state index contributed by atoms with van der Waals surface area (Å²) in [5.41, 5.74) is 8.93.